The first kappa shape index (κ1) is 18.4. The van der Waals surface area contributed by atoms with Gasteiger partial charge in [-0.15, -0.1) is 5.10 Å². The van der Waals surface area contributed by atoms with E-state index in [-0.39, 0.29) is 17.3 Å². The molecule has 0 unspecified atom stereocenters. The molecule has 0 aliphatic carbocycles. The summed E-state index contributed by atoms with van der Waals surface area (Å²) in [6.07, 6.45) is 0. The number of benzene rings is 2. The van der Waals surface area contributed by atoms with Gasteiger partial charge >= 0.3 is 0 Å². The van der Waals surface area contributed by atoms with Crippen LogP contribution in [-0.4, -0.2) is 36.4 Å². The number of anilines is 1. The lowest BCUT2D eigenvalue weighted by molar-refractivity contribution is -0.384. The zero-order valence-corrected chi connectivity index (χ0v) is 14.9. The number of non-ortho nitro benzene ring substituents is 1. The summed E-state index contributed by atoms with van der Waals surface area (Å²) in [5.41, 5.74) is 0.742. The van der Waals surface area contributed by atoms with Crippen LogP contribution in [0.2, 0.25) is 0 Å². The van der Waals surface area contributed by atoms with Crippen LogP contribution in [0, 0.1) is 10.1 Å². The molecule has 0 spiro atoms. The number of amides is 1. The lowest BCUT2D eigenvalue weighted by Crippen LogP contribution is -2.22. The number of nitro groups is 1. The molecule has 0 fully saturated rings. The standard InChI is InChI=1S/C17H15N5O4S/c1-10(16(24)18-11-5-4-6-12(9-11)22(25)26)27-17-19-15(20-21-17)13-7-2-3-8-14(13)23/h2-10,23H,1H3,(H,18,24)(H,19,20,21)/t10-/m0/s1. The minimum Gasteiger partial charge on any atom is -0.507 e. The first-order valence-corrected chi connectivity index (χ1v) is 8.75. The predicted octanol–water partition coefficient (Wildman–Crippen LogP) is 3.20. The van der Waals surface area contributed by atoms with E-state index in [0.29, 0.717) is 22.2 Å². The van der Waals surface area contributed by atoms with Crippen molar-refractivity contribution in [1.82, 2.24) is 15.2 Å². The van der Waals surface area contributed by atoms with Crippen LogP contribution in [0.25, 0.3) is 11.4 Å². The highest BCUT2D eigenvalue weighted by Crippen LogP contribution is 2.28. The molecule has 3 N–H and O–H groups in total. The molecular weight excluding hydrogens is 370 g/mol. The Morgan fingerprint density at radius 2 is 2.07 bits per heavy atom. The molecule has 3 aromatic rings. The largest absolute Gasteiger partial charge is 0.507 e. The topological polar surface area (TPSA) is 134 Å². The molecule has 1 amide bonds. The number of aromatic hydroxyl groups is 1. The number of hydrogen-bond acceptors (Lipinski definition) is 7. The fraction of sp³-hybridized carbons (Fsp3) is 0.118. The first-order valence-electron chi connectivity index (χ1n) is 7.87. The fourth-order valence-electron chi connectivity index (χ4n) is 2.25. The number of phenols is 1. The molecule has 1 heterocycles. The maximum atomic E-state index is 12.3. The Labute approximate surface area is 158 Å². The molecule has 138 valence electrons. The summed E-state index contributed by atoms with van der Waals surface area (Å²) < 4.78 is 0. The molecule has 0 aliphatic heterocycles. The van der Waals surface area contributed by atoms with E-state index in [0.717, 1.165) is 11.8 Å². The van der Waals surface area contributed by atoms with E-state index in [4.69, 9.17) is 0 Å². The number of H-pyrrole nitrogens is 1. The number of hydrogen-bond donors (Lipinski definition) is 3. The second kappa shape index (κ2) is 7.87. The van der Waals surface area contributed by atoms with Crippen molar-refractivity contribution in [3.05, 3.63) is 58.6 Å². The highest BCUT2D eigenvalue weighted by atomic mass is 32.2. The lowest BCUT2D eigenvalue weighted by atomic mass is 10.2. The summed E-state index contributed by atoms with van der Waals surface area (Å²) in [7, 11) is 0. The van der Waals surface area contributed by atoms with Gasteiger partial charge in [0.15, 0.2) is 5.82 Å². The zero-order chi connectivity index (χ0) is 19.4. The SMILES string of the molecule is C[C@H](Sc1n[nH]c(-c2ccccc2O)n1)C(=O)Nc1cccc([N+](=O)[O-])c1. The van der Waals surface area contributed by atoms with Gasteiger partial charge in [0.25, 0.3) is 5.69 Å². The van der Waals surface area contributed by atoms with Gasteiger partial charge in [0.05, 0.1) is 15.7 Å². The first-order chi connectivity index (χ1) is 12.9. The van der Waals surface area contributed by atoms with Gasteiger partial charge in [-0.3, -0.25) is 20.0 Å². The zero-order valence-electron chi connectivity index (χ0n) is 14.1. The van der Waals surface area contributed by atoms with Crippen molar-refractivity contribution in [2.75, 3.05) is 5.32 Å². The van der Waals surface area contributed by atoms with Gasteiger partial charge in [-0.25, -0.2) is 4.98 Å². The maximum absolute atomic E-state index is 12.3. The second-order valence-corrected chi connectivity index (χ2v) is 6.85. The second-order valence-electron chi connectivity index (χ2n) is 5.54. The Bertz CT molecular complexity index is 991. The molecule has 0 saturated carbocycles. The smallest absolute Gasteiger partial charge is 0.271 e. The van der Waals surface area contributed by atoms with E-state index in [1.807, 2.05) is 0 Å². The third-order valence-corrected chi connectivity index (χ3v) is 4.56. The number of nitro benzene ring substituents is 1. The van der Waals surface area contributed by atoms with Gasteiger partial charge in [0, 0.05) is 17.8 Å². The number of nitrogens with one attached hydrogen (secondary N) is 2. The van der Waals surface area contributed by atoms with Crippen LogP contribution >= 0.6 is 11.8 Å². The van der Waals surface area contributed by atoms with Crippen molar-refractivity contribution in [3.63, 3.8) is 0 Å². The molecule has 2 aromatic carbocycles. The number of carbonyl (C=O) groups excluding carboxylic acids is 1. The molecule has 0 radical (unpaired) electrons. The third kappa shape index (κ3) is 4.42. The number of aromatic nitrogens is 3. The summed E-state index contributed by atoms with van der Waals surface area (Å²) in [6, 6.07) is 12.4. The quantitative estimate of drug-likeness (QED) is 0.337. The van der Waals surface area contributed by atoms with E-state index in [1.165, 1.54) is 18.2 Å². The Kier molecular flexibility index (Phi) is 5.36. The van der Waals surface area contributed by atoms with Crippen LogP contribution in [0.5, 0.6) is 5.75 Å². The van der Waals surface area contributed by atoms with E-state index in [1.54, 1.807) is 37.3 Å². The van der Waals surface area contributed by atoms with Gasteiger partial charge in [-0.1, -0.05) is 30.0 Å². The summed E-state index contributed by atoms with van der Waals surface area (Å²) in [4.78, 5) is 26.9. The van der Waals surface area contributed by atoms with Gasteiger partial charge in [-0.05, 0) is 25.1 Å². The minimum absolute atomic E-state index is 0.0710. The molecule has 0 bridgehead atoms. The summed E-state index contributed by atoms with van der Waals surface area (Å²) >= 11 is 1.12. The van der Waals surface area contributed by atoms with E-state index >= 15 is 0 Å². The van der Waals surface area contributed by atoms with Gasteiger partial charge < -0.3 is 10.4 Å². The highest BCUT2D eigenvalue weighted by molar-refractivity contribution is 8.00. The highest BCUT2D eigenvalue weighted by Gasteiger charge is 2.19. The number of aromatic amines is 1. The Morgan fingerprint density at radius 1 is 1.30 bits per heavy atom. The summed E-state index contributed by atoms with van der Waals surface area (Å²) in [5.74, 6) is 0.123. The van der Waals surface area contributed by atoms with Crippen molar-refractivity contribution in [1.29, 1.82) is 0 Å². The maximum Gasteiger partial charge on any atom is 0.271 e. The number of rotatable bonds is 6. The minimum atomic E-state index is -0.544. The molecule has 3 rings (SSSR count). The number of nitrogens with zero attached hydrogens (tertiary/aromatic N) is 3. The molecule has 0 aliphatic rings. The third-order valence-electron chi connectivity index (χ3n) is 3.60. The number of para-hydroxylation sites is 1. The van der Waals surface area contributed by atoms with E-state index < -0.39 is 10.2 Å². The number of thioether (sulfide) groups is 1. The van der Waals surface area contributed by atoms with Gasteiger partial charge in [-0.2, -0.15) is 0 Å². The van der Waals surface area contributed by atoms with E-state index in [9.17, 15) is 20.0 Å². The lowest BCUT2D eigenvalue weighted by Gasteiger charge is -2.09. The average molecular weight is 385 g/mol. The number of carbonyl (C=O) groups is 1. The normalized spacial score (nSPS) is 11.7. The molecule has 0 saturated heterocycles. The number of phenolic OH excluding ortho intramolecular Hbond substituents is 1. The van der Waals surface area contributed by atoms with Crippen molar-refractivity contribution >= 4 is 29.0 Å². The van der Waals surface area contributed by atoms with Crippen LogP contribution in [0.1, 0.15) is 6.92 Å². The van der Waals surface area contributed by atoms with Gasteiger partial charge in [0.2, 0.25) is 11.1 Å². The van der Waals surface area contributed by atoms with Crippen molar-refractivity contribution in [2.24, 2.45) is 0 Å². The molecule has 10 heteroatoms. The molecule has 27 heavy (non-hydrogen) atoms. The van der Waals surface area contributed by atoms with Crippen molar-refractivity contribution in [2.45, 2.75) is 17.3 Å². The molecule has 1 atom stereocenters. The van der Waals surface area contributed by atoms with Crippen molar-refractivity contribution in [3.8, 4) is 17.1 Å². The van der Waals surface area contributed by atoms with Crippen LogP contribution in [-0.2, 0) is 4.79 Å². The summed E-state index contributed by atoms with van der Waals surface area (Å²) in [6.45, 7) is 1.67. The monoisotopic (exact) mass is 385 g/mol. The summed E-state index contributed by atoms with van der Waals surface area (Å²) in [5, 5.41) is 29.9. The molecular formula is C17H15N5O4S. The van der Waals surface area contributed by atoms with Crippen LogP contribution in [0.3, 0.4) is 0 Å². The van der Waals surface area contributed by atoms with E-state index in [2.05, 4.69) is 20.5 Å². The fourth-order valence-corrected chi connectivity index (χ4v) is 2.97. The van der Waals surface area contributed by atoms with Crippen LogP contribution < -0.4 is 5.32 Å². The van der Waals surface area contributed by atoms with Crippen LogP contribution in [0.4, 0.5) is 11.4 Å². The molecule has 9 nitrogen and oxygen atoms in total. The Morgan fingerprint density at radius 3 is 2.81 bits per heavy atom. The Balaban J connectivity index is 1.66. The predicted molar refractivity (Wildman–Crippen MR) is 101 cm³/mol. The van der Waals surface area contributed by atoms with Gasteiger partial charge in [0.1, 0.15) is 5.75 Å². The Hall–Kier alpha value is -3.40. The van der Waals surface area contributed by atoms with Crippen LogP contribution in [0.15, 0.2) is 53.7 Å². The van der Waals surface area contributed by atoms with Crippen molar-refractivity contribution < 1.29 is 14.8 Å². The molecule has 1 aromatic heterocycles. The average Bonchev–Trinajstić information content (AvgIpc) is 3.10.